The minimum atomic E-state index is -0.588. The Labute approximate surface area is 72.7 Å². The van der Waals surface area contributed by atoms with Gasteiger partial charge in [-0.1, -0.05) is 0 Å². The zero-order chi connectivity index (χ0) is 9.03. The van der Waals surface area contributed by atoms with Crippen LogP contribution < -0.4 is 0 Å². The van der Waals surface area contributed by atoms with Crippen LogP contribution in [0.5, 0.6) is 0 Å². The van der Waals surface area contributed by atoms with Crippen molar-refractivity contribution in [1.29, 1.82) is 0 Å². The zero-order valence-corrected chi connectivity index (χ0v) is 7.83. The predicted octanol–water partition coefficient (Wildman–Crippen LogP) is 0.758. The van der Waals surface area contributed by atoms with E-state index in [1.807, 2.05) is 0 Å². The fourth-order valence-corrected chi connectivity index (χ4v) is 1.40. The summed E-state index contributed by atoms with van der Waals surface area (Å²) in [6, 6.07) is 0. The molecule has 1 saturated heterocycles. The molecule has 0 radical (unpaired) electrons. The third-order valence-electron chi connectivity index (χ3n) is 2.11. The molecule has 72 valence electrons. The van der Waals surface area contributed by atoms with Gasteiger partial charge in [0.1, 0.15) is 6.61 Å². The third kappa shape index (κ3) is 1.95. The van der Waals surface area contributed by atoms with Crippen LogP contribution in [-0.4, -0.2) is 40.0 Å². The minimum absolute atomic E-state index is 0.153. The Kier molecular flexibility index (Phi) is 3.46. The number of hydrogen-bond acceptors (Lipinski definition) is 4. The second-order valence-electron chi connectivity index (χ2n) is 2.87. The van der Waals surface area contributed by atoms with Gasteiger partial charge in [-0.05, 0) is 0 Å². The highest BCUT2D eigenvalue weighted by Crippen LogP contribution is 2.31. The lowest BCUT2D eigenvalue weighted by atomic mass is 10.2. The number of hydrogen-bond donors (Lipinski definition) is 0. The smallest absolute Gasteiger partial charge is 0.194 e. The first-order chi connectivity index (χ1) is 5.76. The molecule has 4 nitrogen and oxygen atoms in total. The summed E-state index contributed by atoms with van der Waals surface area (Å²) >= 11 is 0. The molecule has 4 heteroatoms. The molecule has 1 aliphatic rings. The van der Waals surface area contributed by atoms with Gasteiger partial charge < -0.3 is 18.9 Å². The van der Waals surface area contributed by atoms with E-state index in [9.17, 15) is 0 Å². The van der Waals surface area contributed by atoms with Crippen molar-refractivity contribution in [3.05, 3.63) is 0 Å². The molecule has 1 rings (SSSR count). The lowest BCUT2D eigenvalue weighted by Gasteiger charge is -2.26. The first kappa shape index (κ1) is 9.92. The van der Waals surface area contributed by atoms with Gasteiger partial charge in [-0.15, -0.1) is 0 Å². The van der Waals surface area contributed by atoms with Crippen LogP contribution >= 0.6 is 0 Å². The van der Waals surface area contributed by atoms with E-state index in [1.54, 1.807) is 21.3 Å². The highest BCUT2D eigenvalue weighted by Gasteiger charge is 2.40. The van der Waals surface area contributed by atoms with Crippen molar-refractivity contribution in [1.82, 2.24) is 0 Å². The molecule has 0 spiro atoms. The summed E-state index contributed by atoms with van der Waals surface area (Å²) < 4.78 is 20.8. The van der Waals surface area contributed by atoms with Gasteiger partial charge in [-0.25, -0.2) is 0 Å². The van der Waals surface area contributed by atoms with E-state index in [-0.39, 0.29) is 6.29 Å². The van der Waals surface area contributed by atoms with Gasteiger partial charge in [-0.3, -0.25) is 0 Å². The highest BCUT2D eigenvalue weighted by molar-refractivity contribution is 4.76. The molecule has 0 aromatic rings. The van der Waals surface area contributed by atoms with Crippen LogP contribution in [0.2, 0.25) is 0 Å². The molecule has 2 atom stereocenters. The Balaban J connectivity index is 2.47. The van der Waals surface area contributed by atoms with E-state index in [4.69, 9.17) is 18.9 Å². The van der Waals surface area contributed by atoms with Crippen LogP contribution in [0.25, 0.3) is 0 Å². The van der Waals surface area contributed by atoms with Crippen LogP contribution in [-0.2, 0) is 18.9 Å². The van der Waals surface area contributed by atoms with Crippen LogP contribution in [0.1, 0.15) is 12.8 Å². The summed E-state index contributed by atoms with van der Waals surface area (Å²) in [5.41, 5.74) is 0. The lowest BCUT2D eigenvalue weighted by molar-refractivity contribution is -0.271. The molecule has 1 heterocycles. The van der Waals surface area contributed by atoms with Gasteiger partial charge in [-0.2, -0.15) is 0 Å². The molecule has 0 aliphatic carbocycles. The third-order valence-corrected chi connectivity index (χ3v) is 2.11. The van der Waals surface area contributed by atoms with Crippen molar-refractivity contribution in [2.24, 2.45) is 0 Å². The molecule has 0 amide bonds. The van der Waals surface area contributed by atoms with E-state index >= 15 is 0 Å². The van der Waals surface area contributed by atoms with Crippen molar-refractivity contribution in [2.75, 3.05) is 27.9 Å². The average molecular weight is 176 g/mol. The fourth-order valence-electron chi connectivity index (χ4n) is 1.40. The first-order valence-electron chi connectivity index (χ1n) is 4.01. The van der Waals surface area contributed by atoms with Gasteiger partial charge in [0.25, 0.3) is 0 Å². The van der Waals surface area contributed by atoms with E-state index < -0.39 is 5.79 Å². The maximum atomic E-state index is 5.52. The molecule has 1 fully saturated rings. The summed E-state index contributed by atoms with van der Waals surface area (Å²) in [7, 11) is 4.88. The fraction of sp³-hybridized carbons (Fsp3) is 1.00. The molecule has 0 aromatic carbocycles. The van der Waals surface area contributed by atoms with Gasteiger partial charge in [0.15, 0.2) is 12.1 Å². The molecule has 0 aromatic heterocycles. The van der Waals surface area contributed by atoms with Crippen LogP contribution in [0.4, 0.5) is 0 Å². The number of rotatable bonds is 4. The summed E-state index contributed by atoms with van der Waals surface area (Å²) in [4.78, 5) is 0. The maximum absolute atomic E-state index is 5.52. The Bertz CT molecular complexity index is 139. The maximum Gasteiger partial charge on any atom is 0.194 e. The largest absolute Gasteiger partial charge is 0.379 e. The standard InChI is InChI=1S/C8H16O4/c1-9-6-8(11-3)5-4-7(10-2)12-8/h7H,4-6H2,1-3H3/t7-,8+/m1/s1. The molecule has 0 unspecified atom stereocenters. The van der Waals surface area contributed by atoms with Gasteiger partial charge >= 0.3 is 0 Å². The second kappa shape index (κ2) is 4.18. The van der Waals surface area contributed by atoms with Crippen molar-refractivity contribution in [3.8, 4) is 0 Å². The molecule has 12 heavy (non-hydrogen) atoms. The first-order valence-corrected chi connectivity index (χ1v) is 4.01. The normalized spacial score (nSPS) is 35.8. The van der Waals surface area contributed by atoms with Gasteiger partial charge in [0.2, 0.25) is 0 Å². The average Bonchev–Trinajstić information content (AvgIpc) is 2.50. The molecular formula is C8H16O4. The Morgan fingerprint density at radius 3 is 2.58 bits per heavy atom. The summed E-state index contributed by atoms with van der Waals surface area (Å²) in [5, 5.41) is 0. The Hall–Kier alpha value is -0.160. The predicted molar refractivity (Wildman–Crippen MR) is 42.7 cm³/mol. The molecule has 0 saturated carbocycles. The summed E-state index contributed by atoms with van der Waals surface area (Å²) in [6.45, 7) is 0.448. The van der Waals surface area contributed by atoms with Gasteiger partial charge in [0.05, 0.1) is 0 Å². The van der Waals surface area contributed by atoms with Crippen LogP contribution in [0.3, 0.4) is 0 Å². The SMILES string of the molecule is COC[C@]1(OC)CC[C@H](OC)O1. The Morgan fingerprint density at radius 2 is 2.17 bits per heavy atom. The van der Waals surface area contributed by atoms with Crippen LogP contribution in [0.15, 0.2) is 0 Å². The van der Waals surface area contributed by atoms with Crippen LogP contribution in [0, 0.1) is 0 Å². The monoisotopic (exact) mass is 176 g/mol. The van der Waals surface area contributed by atoms with E-state index in [2.05, 4.69) is 0 Å². The van der Waals surface area contributed by atoms with E-state index in [0.29, 0.717) is 6.61 Å². The second-order valence-corrected chi connectivity index (χ2v) is 2.87. The Morgan fingerprint density at radius 1 is 1.42 bits per heavy atom. The number of methoxy groups -OCH3 is 3. The van der Waals surface area contributed by atoms with E-state index in [0.717, 1.165) is 12.8 Å². The van der Waals surface area contributed by atoms with Crippen molar-refractivity contribution >= 4 is 0 Å². The molecular weight excluding hydrogens is 160 g/mol. The van der Waals surface area contributed by atoms with Gasteiger partial charge in [0, 0.05) is 34.2 Å². The van der Waals surface area contributed by atoms with E-state index in [1.165, 1.54) is 0 Å². The highest BCUT2D eigenvalue weighted by atomic mass is 16.8. The molecule has 1 aliphatic heterocycles. The summed E-state index contributed by atoms with van der Waals surface area (Å²) in [6.07, 6.45) is 1.52. The summed E-state index contributed by atoms with van der Waals surface area (Å²) in [5.74, 6) is -0.588. The molecule has 0 N–H and O–H groups in total. The number of ether oxygens (including phenoxy) is 4. The van der Waals surface area contributed by atoms with Crippen molar-refractivity contribution in [3.63, 3.8) is 0 Å². The van der Waals surface area contributed by atoms with Crippen molar-refractivity contribution < 1.29 is 18.9 Å². The molecule has 0 bridgehead atoms. The topological polar surface area (TPSA) is 36.9 Å². The van der Waals surface area contributed by atoms with Crippen molar-refractivity contribution in [2.45, 2.75) is 24.9 Å². The zero-order valence-electron chi connectivity index (χ0n) is 7.83. The lowest BCUT2D eigenvalue weighted by Crippen LogP contribution is -2.36. The minimum Gasteiger partial charge on any atom is -0.379 e. The quantitative estimate of drug-likeness (QED) is 0.633.